The molecule has 18 heavy (non-hydrogen) atoms. The summed E-state index contributed by atoms with van der Waals surface area (Å²) in [4.78, 5) is 12.7. The van der Waals surface area contributed by atoms with Crippen molar-refractivity contribution in [1.29, 1.82) is 0 Å². The second-order valence-electron chi connectivity index (χ2n) is 3.40. The predicted octanol–water partition coefficient (Wildman–Crippen LogP) is 0.157. The van der Waals surface area contributed by atoms with Crippen molar-refractivity contribution in [3.05, 3.63) is 18.5 Å². The molecule has 0 aliphatic rings. The molecule has 2 aromatic heterocycles. The van der Waals surface area contributed by atoms with Crippen LogP contribution in [0.25, 0.3) is 5.95 Å². The van der Waals surface area contributed by atoms with Gasteiger partial charge in [-0.1, -0.05) is 0 Å². The van der Waals surface area contributed by atoms with E-state index in [0.29, 0.717) is 31.0 Å². The Balaban J connectivity index is 2.22. The lowest BCUT2D eigenvalue weighted by atomic mass is 10.6. The second kappa shape index (κ2) is 5.92. The Morgan fingerprint density at radius 2 is 2.11 bits per heavy atom. The van der Waals surface area contributed by atoms with E-state index in [1.165, 1.54) is 0 Å². The molecular weight excluding hydrogens is 234 g/mol. The zero-order valence-corrected chi connectivity index (χ0v) is 10.3. The normalized spacial score (nSPS) is 10.3. The number of rotatable bonds is 6. The zero-order chi connectivity index (χ0) is 12.8. The van der Waals surface area contributed by atoms with Crippen molar-refractivity contribution in [2.45, 2.75) is 0 Å². The predicted molar refractivity (Wildman–Crippen MR) is 66.9 cm³/mol. The molecule has 0 bridgehead atoms. The Morgan fingerprint density at radius 3 is 2.78 bits per heavy atom. The molecule has 0 unspecified atom stereocenters. The summed E-state index contributed by atoms with van der Waals surface area (Å²) in [5, 5.41) is 10.0. The van der Waals surface area contributed by atoms with Gasteiger partial charge in [-0.15, -0.1) is 0 Å². The monoisotopic (exact) mass is 249 g/mol. The van der Waals surface area contributed by atoms with E-state index >= 15 is 0 Å². The van der Waals surface area contributed by atoms with Crippen LogP contribution >= 0.6 is 0 Å². The van der Waals surface area contributed by atoms with Crippen LogP contribution in [-0.2, 0) is 4.74 Å². The maximum absolute atomic E-state index is 4.96. The average molecular weight is 249 g/mol. The SMILES string of the molecule is CNc1nc(NCCOC)nc(-n2cccn2)n1. The number of ether oxygens (including phenoxy) is 1. The molecule has 0 aliphatic carbocycles. The van der Waals surface area contributed by atoms with Crippen molar-refractivity contribution in [3.63, 3.8) is 0 Å². The second-order valence-corrected chi connectivity index (χ2v) is 3.40. The fourth-order valence-electron chi connectivity index (χ4n) is 1.31. The summed E-state index contributed by atoms with van der Waals surface area (Å²) in [6.45, 7) is 1.21. The molecule has 0 aromatic carbocycles. The third-order valence-electron chi connectivity index (χ3n) is 2.15. The summed E-state index contributed by atoms with van der Waals surface area (Å²) >= 11 is 0. The molecule has 0 atom stereocenters. The molecule has 0 aliphatic heterocycles. The summed E-state index contributed by atoms with van der Waals surface area (Å²) in [7, 11) is 3.39. The molecule has 2 heterocycles. The van der Waals surface area contributed by atoms with Gasteiger partial charge >= 0.3 is 0 Å². The smallest absolute Gasteiger partial charge is 0.257 e. The highest BCUT2D eigenvalue weighted by atomic mass is 16.5. The topological polar surface area (TPSA) is 89.8 Å². The Kier molecular flexibility index (Phi) is 4.02. The van der Waals surface area contributed by atoms with Gasteiger partial charge < -0.3 is 15.4 Å². The molecule has 96 valence electrons. The Hall–Kier alpha value is -2.22. The fraction of sp³-hybridized carbons (Fsp3) is 0.400. The third-order valence-corrected chi connectivity index (χ3v) is 2.15. The van der Waals surface area contributed by atoms with E-state index in [1.54, 1.807) is 37.3 Å². The number of aromatic nitrogens is 5. The maximum Gasteiger partial charge on any atom is 0.257 e. The molecule has 0 amide bonds. The number of hydrogen-bond acceptors (Lipinski definition) is 7. The molecule has 0 saturated carbocycles. The van der Waals surface area contributed by atoms with Crippen LogP contribution in [0.1, 0.15) is 0 Å². The first-order valence-electron chi connectivity index (χ1n) is 5.50. The van der Waals surface area contributed by atoms with Crippen LogP contribution in [0, 0.1) is 0 Å². The molecule has 8 heteroatoms. The van der Waals surface area contributed by atoms with Gasteiger partial charge in [0.15, 0.2) is 0 Å². The van der Waals surface area contributed by atoms with Gasteiger partial charge in [0.05, 0.1) is 6.61 Å². The van der Waals surface area contributed by atoms with E-state index in [-0.39, 0.29) is 0 Å². The highest BCUT2D eigenvalue weighted by Gasteiger charge is 2.06. The molecule has 0 radical (unpaired) electrons. The molecule has 2 aromatic rings. The number of anilines is 2. The van der Waals surface area contributed by atoms with Crippen LogP contribution in [0.5, 0.6) is 0 Å². The standard InChI is InChI=1S/C10H15N7O/c1-11-8-14-9(12-5-7-18-2)16-10(15-8)17-6-3-4-13-17/h3-4,6H,5,7H2,1-2H3,(H2,11,12,14,15,16). The molecule has 8 nitrogen and oxygen atoms in total. The van der Waals surface area contributed by atoms with Gasteiger partial charge in [0.25, 0.3) is 5.95 Å². The van der Waals surface area contributed by atoms with Crippen molar-refractivity contribution in [2.75, 3.05) is 37.9 Å². The van der Waals surface area contributed by atoms with Crippen LogP contribution in [0.3, 0.4) is 0 Å². The van der Waals surface area contributed by atoms with Gasteiger partial charge in [0.1, 0.15) is 0 Å². The zero-order valence-electron chi connectivity index (χ0n) is 10.3. The maximum atomic E-state index is 4.96. The molecule has 2 N–H and O–H groups in total. The van der Waals surface area contributed by atoms with E-state index in [1.807, 2.05) is 0 Å². The number of methoxy groups -OCH3 is 1. The molecular formula is C10H15N7O. The first kappa shape index (κ1) is 12.2. The number of nitrogens with one attached hydrogen (secondary N) is 2. The van der Waals surface area contributed by atoms with Crippen molar-refractivity contribution in [2.24, 2.45) is 0 Å². The fourth-order valence-corrected chi connectivity index (χ4v) is 1.31. The van der Waals surface area contributed by atoms with Crippen molar-refractivity contribution < 1.29 is 4.74 Å². The third kappa shape index (κ3) is 2.92. The first-order chi connectivity index (χ1) is 8.83. The van der Waals surface area contributed by atoms with E-state index < -0.39 is 0 Å². The van der Waals surface area contributed by atoms with Crippen LogP contribution in [0.15, 0.2) is 18.5 Å². The molecule has 0 saturated heterocycles. The quantitative estimate of drug-likeness (QED) is 0.704. The van der Waals surface area contributed by atoms with Crippen LogP contribution in [0.2, 0.25) is 0 Å². The van der Waals surface area contributed by atoms with E-state index in [9.17, 15) is 0 Å². The van der Waals surface area contributed by atoms with Gasteiger partial charge in [0.2, 0.25) is 11.9 Å². The first-order valence-corrected chi connectivity index (χ1v) is 5.50. The summed E-state index contributed by atoms with van der Waals surface area (Å²) in [6.07, 6.45) is 3.44. The van der Waals surface area contributed by atoms with E-state index in [2.05, 4.69) is 30.7 Å². The number of nitrogens with zero attached hydrogens (tertiary/aromatic N) is 5. The van der Waals surface area contributed by atoms with Gasteiger partial charge in [-0.25, -0.2) is 4.68 Å². The van der Waals surface area contributed by atoms with Crippen molar-refractivity contribution >= 4 is 11.9 Å². The highest BCUT2D eigenvalue weighted by Crippen LogP contribution is 2.07. The summed E-state index contributed by atoms with van der Waals surface area (Å²) in [5.41, 5.74) is 0. The molecule has 0 spiro atoms. The average Bonchev–Trinajstić information content (AvgIpc) is 2.92. The Labute approximate surface area is 104 Å². The lowest BCUT2D eigenvalue weighted by Crippen LogP contribution is -2.14. The lowest BCUT2D eigenvalue weighted by Gasteiger charge is -2.07. The minimum atomic E-state index is 0.458. The van der Waals surface area contributed by atoms with E-state index in [4.69, 9.17) is 4.74 Å². The summed E-state index contributed by atoms with van der Waals surface area (Å²) in [6, 6.07) is 1.81. The molecule has 2 rings (SSSR count). The minimum absolute atomic E-state index is 0.458. The van der Waals surface area contributed by atoms with Gasteiger partial charge in [-0.2, -0.15) is 20.1 Å². The van der Waals surface area contributed by atoms with Crippen LogP contribution in [-0.4, -0.2) is 52.0 Å². The molecule has 0 fully saturated rings. The Morgan fingerprint density at radius 1 is 1.28 bits per heavy atom. The van der Waals surface area contributed by atoms with Crippen LogP contribution in [0.4, 0.5) is 11.9 Å². The highest BCUT2D eigenvalue weighted by molar-refractivity contribution is 5.37. The van der Waals surface area contributed by atoms with Crippen molar-refractivity contribution in [3.8, 4) is 5.95 Å². The largest absolute Gasteiger partial charge is 0.383 e. The minimum Gasteiger partial charge on any atom is -0.383 e. The summed E-state index contributed by atoms with van der Waals surface area (Å²) < 4.78 is 6.53. The Bertz CT molecular complexity index is 485. The lowest BCUT2D eigenvalue weighted by molar-refractivity contribution is 0.210. The van der Waals surface area contributed by atoms with Crippen LogP contribution < -0.4 is 10.6 Å². The van der Waals surface area contributed by atoms with Gasteiger partial charge in [-0.05, 0) is 6.07 Å². The summed E-state index contributed by atoms with van der Waals surface area (Å²) in [5.74, 6) is 1.42. The van der Waals surface area contributed by atoms with Crippen molar-refractivity contribution in [1.82, 2.24) is 24.7 Å². The number of hydrogen-bond donors (Lipinski definition) is 2. The van der Waals surface area contributed by atoms with E-state index in [0.717, 1.165) is 0 Å². The van der Waals surface area contributed by atoms with Gasteiger partial charge in [0, 0.05) is 33.1 Å². The van der Waals surface area contributed by atoms with Gasteiger partial charge in [-0.3, -0.25) is 0 Å².